The van der Waals surface area contributed by atoms with Gasteiger partial charge in [-0.25, -0.2) is 19.2 Å². The third kappa shape index (κ3) is 38.4. The molecular weight excluding hydrogens is 368 g/mol. The Kier molecular flexibility index (Phi) is 27.7. The first kappa shape index (κ1) is 32.5. The van der Waals surface area contributed by atoms with Crippen LogP contribution < -0.4 is 0 Å². The van der Waals surface area contributed by atoms with Gasteiger partial charge in [-0.1, -0.05) is 39.7 Å². The number of carboxylic acid groups (broad SMARTS) is 2. The number of carbonyl (C=O) groups is 4. The molecule has 0 saturated heterocycles. The Morgan fingerprint density at radius 1 is 0.821 bits per heavy atom. The molecule has 0 aliphatic rings. The van der Waals surface area contributed by atoms with Crippen LogP contribution in [-0.2, 0) is 28.7 Å². The summed E-state index contributed by atoms with van der Waals surface area (Å²) in [4.78, 5) is 39.6. The van der Waals surface area contributed by atoms with E-state index in [2.05, 4.69) is 35.8 Å². The van der Waals surface area contributed by atoms with Crippen molar-refractivity contribution >= 4 is 23.9 Å². The largest absolute Gasteiger partial charge is 0.478 e. The lowest BCUT2D eigenvalue weighted by Gasteiger charge is -1.97. The summed E-state index contributed by atoms with van der Waals surface area (Å²) in [5.41, 5.74) is 0.352. The number of rotatable bonds is 8. The summed E-state index contributed by atoms with van der Waals surface area (Å²) in [5, 5.41) is 15.8. The highest BCUT2D eigenvalue weighted by Crippen LogP contribution is 1.88. The normalized spacial score (nSPS) is 7.86. The van der Waals surface area contributed by atoms with E-state index in [4.69, 9.17) is 10.2 Å². The molecule has 2 N–H and O–H groups in total. The Bertz CT molecular complexity index is 484. The number of ether oxygens (including phenoxy) is 2. The predicted octanol–water partition coefficient (Wildman–Crippen LogP) is 3.55. The molecule has 0 unspecified atom stereocenters. The molecule has 0 bridgehead atoms. The Balaban J connectivity index is -0.000000139. The zero-order valence-electron chi connectivity index (χ0n) is 17.2. The minimum Gasteiger partial charge on any atom is -0.478 e. The molecule has 0 amide bonds. The van der Waals surface area contributed by atoms with Gasteiger partial charge in [0.05, 0.1) is 13.2 Å². The first-order valence-electron chi connectivity index (χ1n) is 8.26. The number of carboxylic acids is 2. The van der Waals surface area contributed by atoms with Crippen LogP contribution in [0.15, 0.2) is 49.6 Å². The highest BCUT2D eigenvalue weighted by Gasteiger charge is 1.92. The average Bonchev–Trinajstić information content (AvgIpc) is 2.63. The molecule has 0 aliphatic carbocycles. The fourth-order valence-electron chi connectivity index (χ4n) is 0.577. The van der Waals surface area contributed by atoms with Crippen LogP contribution in [0, 0.1) is 0 Å². The summed E-state index contributed by atoms with van der Waals surface area (Å²) < 4.78 is 9.11. The summed E-state index contributed by atoms with van der Waals surface area (Å²) >= 11 is 0. The van der Waals surface area contributed by atoms with Crippen LogP contribution in [0.1, 0.15) is 40.5 Å². The molecule has 0 spiro atoms. The lowest BCUT2D eigenvalue weighted by atomic mass is 10.4. The average molecular weight is 400 g/mol. The lowest BCUT2D eigenvalue weighted by Crippen LogP contribution is -2.00. The van der Waals surface area contributed by atoms with E-state index in [1.807, 2.05) is 6.92 Å². The Morgan fingerprint density at radius 3 is 1.32 bits per heavy atom. The number of unbranched alkanes of at least 4 members (excludes halogenated alkanes) is 1. The molecule has 8 heteroatoms. The van der Waals surface area contributed by atoms with Crippen molar-refractivity contribution in [1.29, 1.82) is 0 Å². The van der Waals surface area contributed by atoms with E-state index in [-0.39, 0.29) is 23.1 Å². The highest BCUT2D eigenvalue weighted by molar-refractivity contribution is 5.85. The van der Waals surface area contributed by atoms with Gasteiger partial charge >= 0.3 is 23.9 Å². The van der Waals surface area contributed by atoms with E-state index in [0.29, 0.717) is 13.2 Å². The third-order valence-electron chi connectivity index (χ3n) is 2.09. The molecule has 8 nitrogen and oxygen atoms in total. The van der Waals surface area contributed by atoms with Crippen LogP contribution in [0.3, 0.4) is 0 Å². The van der Waals surface area contributed by atoms with Gasteiger partial charge in [0, 0.05) is 23.3 Å². The Labute approximate surface area is 166 Å². The van der Waals surface area contributed by atoms with Gasteiger partial charge in [-0.05, 0) is 27.2 Å². The number of hydrogen-bond acceptors (Lipinski definition) is 6. The lowest BCUT2D eigenvalue weighted by molar-refractivity contribution is -0.138. The summed E-state index contributed by atoms with van der Waals surface area (Å²) in [6, 6.07) is 0. The monoisotopic (exact) mass is 400 g/mol. The van der Waals surface area contributed by atoms with E-state index in [1.54, 1.807) is 6.92 Å². The maximum absolute atomic E-state index is 10.3. The highest BCUT2D eigenvalue weighted by atomic mass is 16.5. The van der Waals surface area contributed by atoms with E-state index in [9.17, 15) is 19.2 Å². The van der Waals surface area contributed by atoms with Crippen molar-refractivity contribution in [2.45, 2.75) is 40.5 Å². The van der Waals surface area contributed by atoms with Crippen molar-refractivity contribution in [3.05, 3.63) is 49.6 Å². The molecule has 0 saturated carbocycles. The maximum atomic E-state index is 10.3. The first-order chi connectivity index (χ1) is 12.9. The van der Waals surface area contributed by atoms with Crippen molar-refractivity contribution in [2.75, 3.05) is 13.2 Å². The predicted molar refractivity (Wildman–Crippen MR) is 108 cm³/mol. The molecule has 0 atom stereocenters. The van der Waals surface area contributed by atoms with E-state index < -0.39 is 11.9 Å². The molecule has 0 fully saturated rings. The van der Waals surface area contributed by atoms with Gasteiger partial charge in [0.2, 0.25) is 0 Å². The maximum Gasteiger partial charge on any atom is 0.330 e. The summed E-state index contributed by atoms with van der Waals surface area (Å²) in [7, 11) is 0. The standard InChI is InChI=1S/C7H12O2.C5H8O2.2C4H6O2/c1-3-5-6-9-7(8)4-2;1-3-5(6)7-4-2;2*1-3(2)4(5)6/h4H,2-3,5-6H2,1H3;3H,1,4H2,2H3;2*1H2,2H3,(H,5,6). The second-order valence-corrected chi connectivity index (χ2v) is 4.85. The zero-order valence-corrected chi connectivity index (χ0v) is 17.2. The minimum atomic E-state index is -0.935. The van der Waals surface area contributed by atoms with Crippen molar-refractivity contribution in [3.63, 3.8) is 0 Å². The van der Waals surface area contributed by atoms with Gasteiger partial charge in [0.25, 0.3) is 0 Å². The molecule has 28 heavy (non-hydrogen) atoms. The van der Waals surface area contributed by atoms with Crippen LogP contribution in [-0.4, -0.2) is 47.3 Å². The topological polar surface area (TPSA) is 127 Å². The fourth-order valence-corrected chi connectivity index (χ4v) is 0.577. The quantitative estimate of drug-likeness (QED) is 0.360. The van der Waals surface area contributed by atoms with Crippen molar-refractivity contribution in [1.82, 2.24) is 0 Å². The number of hydrogen-bond donors (Lipinski definition) is 2. The second kappa shape index (κ2) is 23.8. The zero-order chi connectivity index (χ0) is 23.1. The number of carbonyl (C=O) groups excluding carboxylic acids is 2. The van der Waals surface area contributed by atoms with Crippen molar-refractivity contribution < 1.29 is 38.9 Å². The fraction of sp³-hybridized carbons (Fsp3) is 0.400. The summed E-state index contributed by atoms with van der Waals surface area (Å²) in [5.74, 6) is -2.56. The van der Waals surface area contributed by atoms with Crippen LogP contribution in [0.5, 0.6) is 0 Å². The van der Waals surface area contributed by atoms with Crippen LogP contribution in [0.4, 0.5) is 0 Å². The third-order valence-corrected chi connectivity index (χ3v) is 2.09. The molecule has 0 aromatic rings. The molecule has 0 radical (unpaired) electrons. The SMILES string of the molecule is C=C(C)C(=O)O.C=C(C)C(=O)O.C=CC(=O)OCC.C=CC(=O)OCCCC. The van der Waals surface area contributed by atoms with Crippen LogP contribution in [0.25, 0.3) is 0 Å². The van der Waals surface area contributed by atoms with Crippen LogP contribution in [0.2, 0.25) is 0 Å². The number of esters is 2. The molecule has 0 heterocycles. The molecule has 0 aliphatic heterocycles. The molecular formula is C20H32O8. The van der Waals surface area contributed by atoms with E-state index in [0.717, 1.165) is 18.9 Å². The smallest absolute Gasteiger partial charge is 0.330 e. The van der Waals surface area contributed by atoms with Gasteiger partial charge in [-0.15, -0.1) is 0 Å². The van der Waals surface area contributed by atoms with Gasteiger partial charge in [-0.3, -0.25) is 0 Å². The van der Waals surface area contributed by atoms with Crippen LogP contribution >= 0.6 is 0 Å². The minimum absolute atomic E-state index is 0.176. The molecule has 0 rings (SSSR count). The Hall–Kier alpha value is -3.16. The van der Waals surface area contributed by atoms with Gasteiger partial charge in [-0.2, -0.15) is 0 Å². The van der Waals surface area contributed by atoms with Gasteiger partial charge in [0.1, 0.15) is 0 Å². The summed E-state index contributed by atoms with van der Waals surface area (Å²) in [6.45, 7) is 20.4. The Morgan fingerprint density at radius 2 is 1.14 bits per heavy atom. The summed E-state index contributed by atoms with van der Waals surface area (Å²) in [6.07, 6.45) is 4.29. The van der Waals surface area contributed by atoms with Gasteiger partial charge < -0.3 is 19.7 Å². The van der Waals surface area contributed by atoms with E-state index in [1.165, 1.54) is 19.9 Å². The first-order valence-corrected chi connectivity index (χ1v) is 8.26. The van der Waals surface area contributed by atoms with E-state index >= 15 is 0 Å². The molecule has 0 aromatic heterocycles. The van der Waals surface area contributed by atoms with Crippen molar-refractivity contribution in [3.8, 4) is 0 Å². The molecule has 0 aromatic carbocycles. The van der Waals surface area contributed by atoms with Gasteiger partial charge in [0.15, 0.2) is 0 Å². The van der Waals surface area contributed by atoms with Crippen molar-refractivity contribution in [2.24, 2.45) is 0 Å². The molecule has 160 valence electrons. The second-order valence-electron chi connectivity index (χ2n) is 4.85. The number of aliphatic carboxylic acids is 2.